The fourth-order valence-electron chi connectivity index (χ4n) is 2.22. The van der Waals surface area contributed by atoms with E-state index in [1.54, 1.807) is 0 Å². The number of methoxy groups -OCH3 is 1. The predicted molar refractivity (Wildman–Crippen MR) is 70.5 cm³/mol. The highest BCUT2D eigenvalue weighted by molar-refractivity contribution is 5.85. The molecule has 1 aromatic carbocycles. The van der Waals surface area contributed by atoms with Crippen LogP contribution < -0.4 is 10.5 Å². The second-order valence-corrected chi connectivity index (χ2v) is 4.59. The summed E-state index contributed by atoms with van der Waals surface area (Å²) in [6, 6.07) is 3.61. The zero-order chi connectivity index (χ0) is 12.4. The van der Waals surface area contributed by atoms with Crippen LogP contribution in [0.5, 0.6) is 5.75 Å². The Kier molecular flexibility index (Phi) is 5.38. The molecule has 18 heavy (non-hydrogen) atoms. The van der Waals surface area contributed by atoms with E-state index in [4.69, 9.17) is 10.5 Å². The van der Waals surface area contributed by atoms with Crippen LogP contribution in [-0.2, 0) is 0 Å². The quantitative estimate of drug-likeness (QED) is 0.887. The first-order valence-corrected chi connectivity index (χ1v) is 5.90. The SMILES string of the molecule is COc1ccc(F)cc1[C@@H](N)[C@@H](O)C1CCC1.Cl. The molecule has 0 amide bonds. The Morgan fingerprint density at radius 3 is 2.61 bits per heavy atom. The van der Waals surface area contributed by atoms with Crippen molar-refractivity contribution in [3.05, 3.63) is 29.6 Å². The zero-order valence-electron chi connectivity index (χ0n) is 10.3. The lowest BCUT2D eigenvalue weighted by atomic mass is 9.77. The van der Waals surface area contributed by atoms with Gasteiger partial charge in [0.15, 0.2) is 0 Å². The van der Waals surface area contributed by atoms with Crippen molar-refractivity contribution in [2.75, 3.05) is 7.11 Å². The fourth-order valence-corrected chi connectivity index (χ4v) is 2.22. The maximum absolute atomic E-state index is 13.2. The Balaban J connectivity index is 0.00000162. The summed E-state index contributed by atoms with van der Waals surface area (Å²) in [5.74, 6) is 0.396. The summed E-state index contributed by atoms with van der Waals surface area (Å²) >= 11 is 0. The summed E-state index contributed by atoms with van der Waals surface area (Å²) in [4.78, 5) is 0. The first-order valence-electron chi connectivity index (χ1n) is 5.90. The van der Waals surface area contributed by atoms with Gasteiger partial charge in [-0.2, -0.15) is 0 Å². The molecule has 1 aliphatic rings. The zero-order valence-corrected chi connectivity index (χ0v) is 11.1. The minimum Gasteiger partial charge on any atom is -0.496 e. The van der Waals surface area contributed by atoms with E-state index < -0.39 is 12.1 Å². The van der Waals surface area contributed by atoms with Gasteiger partial charge in [-0.25, -0.2) is 4.39 Å². The average molecular weight is 276 g/mol. The molecular weight excluding hydrogens is 257 g/mol. The van der Waals surface area contributed by atoms with Crippen LogP contribution in [0.1, 0.15) is 30.9 Å². The summed E-state index contributed by atoms with van der Waals surface area (Å²) in [6.45, 7) is 0. The van der Waals surface area contributed by atoms with E-state index in [0.29, 0.717) is 11.3 Å². The summed E-state index contributed by atoms with van der Waals surface area (Å²) in [6.07, 6.45) is 2.49. The Morgan fingerprint density at radius 2 is 2.11 bits per heavy atom. The summed E-state index contributed by atoms with van der Waals surface area (Å²) in [5.41, 5.74) is 6.53. The number of hydrogen-bond acceptors (Lipinski definition) is 3. The molecule has 1 saturated carbocycles. The highest BCUT2D eigenvalue weighted by Crippen LogP contribution is 2.36. The molecule has 3 nitrogen and oxygen atoms in total. The number of ether oxygens (including phenoxy) is 1. The minimum absolute atomic E-state index is 0. The Bertz CT molecular complexity index is 399. The standard InChI is InChI=1S/C13H18FNO2.ClH/c1-17-11-6-5-9(14)7-10(11)12(15)13(16)8-3-2-4-8;/h5-8,12-13,16H,2-4,15H2,1H3;1H/t12-,13+;/m1./s1. The molecule has 102 valence electrons. The minimum atomic E-state index is -0.626. The molecule has 0 heterocycles. The van der Waals surface area contributed by atoms with Gasteiger partial charge in [-0.05, 0) is 37.0 Å². The molecule has 3 N–H and O–H groups in total. The van der Waals surface area contributed by atoms with Gasteiger partial charge in [-0.3, -0.25) is 0 Å². The molecular formula is C13H19ClFNO2. The Labute approximate surface area is 113 Å². The highest BCUT2D eigenvalue weighted by Gasteiger charge is 2.32. The number of rotatable bonds is 4. The molecule has 0 unspecified atom stereocenters. The summed E-state index contributed by atoms with van der Waals surface area (Å²) < 4.78 is 18.4. The monoisotopic (exact) mass is 275 g/mol. The number of benzene rings is 1. The smallest absolute Gasteiger partial charge is 0.123 e. The molecule has 0 aliphatic heterocycles. The van der Waals surface area contributed by atoms with Crippen molar-refractivity contribution in [2.24, 2.45) is 11.7 Å². The fraction of sp³-hybridized carbons (Fsp3) is 0.538. The van der Waals surface area contributed by atoms with E-state index in [1.807, 2.05) is 0 Å². The Morgan fingerprint density at radius 1 is 1.44 bits per heavy atom. The van der Waals surface area contributed by atoms with Gasteiger partial charge >= 0.3 is 0 Å². The average Bonchev–Trinajstić information content (AvgIpc) is 2.25. The lowest BCUT2D eigenvalue weighted by Crippen LogP contribution is -2.36. The molecule has 0 aromatic heterocycles. The van der Waals surface area contributed by atoms with Crippen molar-refractivity contribution in [3.63, 3.8) is 0 Å². The predicted octanol–water partition coefficient (Wildman–Crippen LogP) is 2.42. The summed E-state index contributed by atoms with van der Waals surface area (Å²) in [5, 5.41) is 10.1. The lowest BCUT2D eigenvalue weighted by molar-refractivity contribution is 0.0407. The first kappa shape index (κ1) is 15.2. The normalized spacial score (nSPS) is 18.4. The molecule has 0 radical (unpaired) electrons. The van der Waals surface area contributed by atoms with E-state index in [1.165, 1.54) is 25.3 Å². The van der Waals surface area contributed by atoms with Crippen LogP contribution in [0.25, 0.3) is 0 Å². The van der Waals surface area contributed by atoms with Gasteiger partial charge in [0.2, 0.25) is 0 Å². The van der Waals surface area contributed by atoms with Crippen LogP contribution in [0.2, 0.25) is 0 Å². The third-order valence-corrected chi connectivity index (χ3v) is 3.55. The van der Waals surface area contributed by atoms with Crippen LogP contribution in [-0.4, -0.2) is 18.3 Å². The molecule has 2 atom stereocenters. The number of aliphatic hydroxyl groups is 1. The third kappa shape index (κ3) is 2.94. The van der Waals surface area contributed by atoms with Crippen LogP contribution in [0.15, 0.2) is 18.2 Å². The number of hydrogen-bond donors (Lipinski definition) is 2. The van der Waals surface area contributed by atoms with Gasteiger partial charge in [-0.1, -0.05) is 6.42 Å². The maximum atomic E-state index is 13.2. The van der Waals surface area contributed by atoms with Gasteiger partial charge < -0.3 is 15.6 Å². The largest absolute Gasteiger partial charge is 0.496 e. The summed E-state index contributed by atoms with van der Waals surface area (Å²) in [7, 11) is 1.51. The third-order valence-electron chi connectivity index (χ3n) is 3.55. The van der Waals surface area contributed by atoms with Crippen LogP contribution >= 0.6 is 12.4 Å². The van der Waals surface area contributed by atoms with E-state index in [0.717, 1.165) is 19.3 Å². The number of nitrogens with two attached hydrogens (primary N) is 1. The molecule has 1 aliphatic carbocycles. The highest BCUT2D eigenvalue weighted by atomic mass is 35.5. The van der Waals surface area contributed by atoms with Crippen LogP contribution in [0, 0.1) is 11.7 Å². The second kappa shape index (κ2) is 6.36. The van der Waals surface area contributed by atoms with E-state index >= 15 is 0 Å². The molecule has 0 spiro atoms. The second-order valence-electron chi connectivity index (χ2n) is 4.59. The topological polar surface area (TPSA) is 55.5 Å². The van der Waals surface area contributed by atoms with Crippen molar-refractivity contribution < 1.29 is 14.2 Å². The maximum Gasteiger partial charge on any atom is 0.123 e. The molecule has 0 saturated heterocycles. The van der Waals surface area contributed by atoms with Crippen molar-refractivity contribution in [2.45, 2.75) is 31.4 Å². The van der Waals surface area contributed by atoms with Crippen LogP contribution in [0.3, 0.4) is 0 Å². The van der Waals surface area contributed by atoms with E-state index in [9.17, 15) is 9.50 Å². The number of halogens is 2. The van der Waals surface area contributed by atoms with Gasteiger partial charge in [0.05, 0.1) is 19.3 Å². The van der Waals surface area contributed by atoms with Crippen molar-refractivity contribution in [1.29, 1.82) is 0 Å². The van der Waals surface area contributed by atoms with Gasteiger partial charge in [0.1, 0.15) is 11.6 Å². The molecule has 0 bridgehead atoms. The number of aliphatic hydroxyl groups excluding tert-OH is 1. The van der Waals surface area contributed by atoms with Crippen LogP contribution in [0.4, 0.5) is 4.39 Å². The molecule has 5 heteroatoms. The van der Waals surface area contributed by atoms with E-state index in [2.05, 4.69) is 0 Å². The molecule has 1 aromatic rings. The van der Waals surface area contributed by atoms with Crippen molar-refractivity contribution in [3.8, 4) is 5.75 Å². The molecule has 1 fully saturated rings. The lowest BCUT2D eigenvalue weighted by Gasteiger charge is -2.34. The van der Waals surface area contributed by atoms with Crippen molar-refractivity contribution >= 4 is 12.4 Å². The van der Waals surface area contributed by atoms with Gasteiger partial charge in [0.25, 0.3) is 0 Å². The van der Waals surface area contributed by atoms with Gasteiger partial charge in [0, 0.05) is 5.56 Å². The van der Waals surface area contributed by atoms with Gasteiger partial charge in [-0.15, -0.1) is 12.4 Å². The molecule has 2 rings (SSSR count). The van der Waals surface area contributed by atoms with Crippen molar-refractivity contribution in [1.82, 2.24) is 0 Å². The van der Waals surface area contributed by atoms with E-state index in [-0.39, 0.29) is 24.1 Å². The Hall–Kier alpha value is -0.840. The first-order chi connectivity index (χ1) is 8.13.